The van der Waals surface area contributed by atoms with Gasteiger partial charge in [-0.05, 0) is 87.4 Å². The molecule has 3 fully saturated rings. The van der Waals surface area contributed by atoms with Gasteiger partial charge in [0, 0.05) is 0 Å². The van der Waals surface area contributed by atoms with E-state index in [-0.39, 0.29) is 11.4 Å². The summed E-state index contributed by atoms with van der Waals surface area (Å²) in [5, 5.41) is 0. The molecule has 0 aromatic carbocycles. The number of hydrogen-bond donors (Lipinski definition) is 0. The molecule has 5 aliphatic rings. The maximum Gasteiger partial charge on any atom is 0.311 e. The summed E-state index contributed by atoms with van der Waals surface area (Å²) < 4.78 is 5.25. The highest BCUT2D eigenvalue weighted by Crippen LogP contribution is 2.70. The fourth-order valence-corrected chi connectivity index (χ4v) is 7.58. The van der Waals surface area contributed by atoms with Crippen molar-refractivity contribution >= 4 is 5.97 Å². The van der Waals surface area contributed by atoms with Crippen molar-refractivity contribution in [1.82, 2.24) is 0 Å². The molecule has 0 saturated heterocycles. The third-order valence-corrected chi connectivity index (χ3v) is 8.65. The molecular weight excluding hydrogens is 284 g/mol. The maximum absolute atomic E-state index is 12.6. The van der Waals surface area contributed by atoms with Crippen LogP contribution in [0.25, 0.3) is 0 Å². The van der Waals surface area contributed by atoms with Crippen LogP contribution in [0.5, 0.6) is 0 Å². The lowest BCUT2D eigenvalue weighted by Crippen LogP contribution is -2.60. The van der Waals surface area contributed by atoms with Crippen LogP contribution in [0.3, 0.4) is 0 Å². The Hall–Kier alpha value is -0.790. The van der Waals surface area contributed by atoms with Crippen molar-refractivity contribution < 1.29 is 9.53 Å². The second-order valence-electron chi connectivity index (χ2n) is 9.51. The van der Waals surface area contributed by atoms with E-state index in [1.165, 1.54) is 44.9 Å². The van der Waals surface area contributed by atoms with Crippen molar-refractivity contribution in [3.8, 4) is 0 Å². The van der Waals surface area contributed by atoms with Crippen LogP contribution in [-0.4, -0.2) is 13.1 Å². The van der Waals surface area contributed by atoms with Crippen LogP contribution in [0.2, 0.25) is 0 Å². The topological polar surface area (TPSA) is 26.3 Å². The lowest BCUT2D eigenvalue weighted by atomic mass is 9.38. The number of ether oxygens (including phenoxy) is 1. The number of allylic oxidation sites excluding steroid dienone is 2. The summed E-state index contributed by atoms with van der Waals surface area (Å²) in [7, 11) is 1.57. The Morgan fingerprint density at radius 1 is 1.13 bits per heavy atom. The smallest absolute Gasteiger partial charge is 0.311 e. The number of esters is 1. The van der Waals surface area contributed by atoms with Crippen LogP contribution in [0.1, 0.15) is 72.1 Å². The van der Waals surface area contributed by atoms with Crippen LogP contribution in [-0.2, 0) is 9.53 Å². The van der Waals surface area contributed by atoms with Gasteiger partial charge in [-0.2, -0.15) is 0 Å². The summed E-state index contributed by atoms with van der Waals surface area (Å²) in [4.78, 5) is 12.6. The van der Waals surface area contributed by atoms with E-state index in [4.69, 9.17) is 4.74 Å². The summed E-state index contributed by atoms with van der Waals surface area (Å²) in [6.07, 6.45) is 12.8. The first-order chi connectivity index (χ1) is 10.9. The summed E-state index contributed by atoms with van der Waals surface area (Å²) >= 11 is 0. The van der Waals surface area contributed by atoms with Gasteiger partial charge in [0.25, 0.3) is 0 Å². The van der Waals surface area contributed by atoms with E-state index in [0.717, 1.165) is 18.3 Å². The van der Waals surface area contributed by atoms with Crippen LogP contribution < -0.4 is 0 Å². The summed E-state index contributed by atoms with van der Waals surface area (Å²) in [5.74, 6) is 2.13. The minimum Gasteiger partial charge on any atom is -0.469 e. The Morgan fingerprint density at radius 3 is 2.57 bits per heavy atom. The first kappa shape index (κ1) is 15.7. The van der Waals surface area contributed by atoms with E-state index < -0.39 is 0 Å². The van der Waals surface area contributed by atoms with Crippen molar-refractivity contribution in [3.63, 3.8) is 0 Å². The largest absolute Gasteiger partial charge is 0.469 e. The van der Waals surface area contributed by atoms with Gasteiger partial charge >= 0.3 is 5.97 Å². The Kier molecular flexibility index (Phi) is 3.32. The van der Waals surface area contributed by atoms with Crippen LogP contribution in [0.4, 0.5) is 0 Å². The van der Waals surface area contributed by atoms with Gasteiger partial charge in [0.1, 0.15) is 0 Å². The molecule has 23 heavy (non-hydrogen) atoms. The third kappa shape index (κ3) is 1.90. The number of carbonyl (C=O) groups excluding carboxylic acids is 1. The van der Waals surface area contributed by atoms with Gasteiger partial charge in [-0.3, -0.25) is 4.79 Å². The number of methoxy groups -OCH3 is 1. The second kappa shape index (κ2) is 4.86. The zero-order valence-corrected chi connectivity index (χ0v) is 15.3. The molecule has 6 atom stereocenters. The van der Waals surface area contributed by atoms with Crippen molar-refractivity contribution in [2.24, 2.45) is 34.0 Å². The number of fused-ring (bicyclic) bond motifs is 2. The van der Waals surface area contributed by atoms with Crippen LogP contribution >= 0.6 is 0 Å². The molecule has 0 heterocycles. The van der Waals surface area contributed by atoms with Gasteiger partial charge in [-0.25, -0.2) is 0 Å². The standard InChI is InChI=1S/C21H32O2/c1-14-13-21-10-6-15(14)12-17(21)19(2)8-5-9-20(3,18(22)23-4)16(19)7-11-21/h13,15-17H,5-12H2,1-4H3. The average molecular weight is 316 g/mol. The highest BCUT2D eigenvalue weighted by Gasteiger charge is 2.64. The van der Waals surface area contributed by atoms with Gasteiger partial charge in [-0.15, -0.1) is 0 Å². The molecule has 128 valence electrons. The molecule has 2 bridgehead atoms. The monoisotopic (exact) mass is 316 g/mol. The average Bonchev–Trinajstić information content (AvgIpc) is 2.53. The zero-order valence-electron chi connectivity index (χ0n) is 15.3. The molecule has 2 heteroatoms. The molecule has 2 nitrogen and oxygen atoms in total. The van der Waals surface area contributed by atoms with Crippen molar-refractivity contribution in [3.05, 3.63) is 11.6 Å². The summed E-state index contributed by atoms with van der Waals surface area (Å²) in [6, 6.07) is 0. The van der Waals surface area contributed by atoms with Crippen molar-refractivity contribution in [2.45, 2.75) is 72.1 Å². The van der Waals surface area contributed by atoms with Crippen molar-refractivity contribution in [1.29, 1.82) is 0 Å². The second-order valence-corrected chi connectivity index (χ2v) is 9.51. The summed E-state index contributed by atoms with van der Waals surface area (Å²) in [6.45, 7) is 7.07. The number of carbonyl (C=O) groups is 1. The molecule has 0 aliphatic heterocycles. The van der Waals surface area contributed by atoms with Gasteiger partial charge in [0.2, 0.25) is 0 Å². The lowest BCUT2D eigenvalue weighted by molar-refractivity contribution is -0.183. The van der Waals surface area contributed by atoms with E-state index in [9.17, 15) is 4.79 Å². The first-order valence-electron chi connectivity index (χ1n) is 9.63. The Morgan fingerprint density at radius 2 is 1.87 bits per heavy atom. The normalized spacial score (nSPS) is 51.5. The molecule has 0 aromatic rings. The quantitative estimate of drug-likeness (QED) is 0.495. The van der Waals surface area contributed by atoms with E-state index in [0.29, 0.717) is 16.7 Å². The van der Waals surface area contributed by atoms with E-state index in [1.807, 2.05) is 0 Å². The highest BCUT2D eigenvalue weighted by molar-refractivity contribution is 5.77. The van der Waals surface area contributed by atoms with Crippen molar-refractivity contribution in [2.75, 3.05) is 7.11 Å². The molecular formula is C21H32O2. The number of hydrogen-bond acceptors (Lipinski definition) is 2. The molecule has 0 N–H and O–H groups in total. The predicted molar refractivity (Wildman–Crippen MR) is 91.8 cm³/mol. The van der Waals surface area contributed by atoms with E-state index in [1.54, 1.807) is 12.7 Å². The molecule has 3 saturated carbocycles. The minimum atomic E-state index is -0.265. The van der Waals surface area contributed by atoms with Gasteiger partial charge in [0.05, 0.1) is 12.5 Å². The highest BCUT2D eigenvalue weighted by atomic mass is 16.5. The third-order valence-electron chi connectivity index (χ3n) is 8.65. The summed E-state index contributed by atoms with van der Waals surface area (Å²) in [5.41, 5.74) is 2.15. The first-order valence-corrected chi connectivity index (χ1v) is 9.63. The fourth-order valence-electron chi connectivity index (χ4n) is 7.58. The SMILES string of the molecule is COC(=O)C1(C)CCCC2(C)C3CC4CCC3(C=C4C)CCC12. The zero-order chi connectivity index (χ0) is 16.5. The Bertz CT molecular complexity index is 564. The maximum atomic E-state index is 12.6. The van der Waals surface area contributed by atoms with Gasteiger partial charge < -0.3 is 4.74 Å². The Balaban J connectivity index is 1.75. The molecule has 0 radical (unpaired) electrons. The molecule has 1 spiro atoms. The molecule has 5 aliphatic carbocycles. The predicted octanol–water partition coefficient (Wildman–Crippen LogP) is 5.13. The van der Waals surface area contributed by atoms with E-state index >= 15 is 0 Å². The van der Waals surface area contributed by atoms with E-state index in [2.05, 4.69) is 26.8 Å². The number of rotatable bonds is 1. The molecule has 0 aromatic heterocycles. The van der Waals surface area contributed by atoms with Crippen LogP contribution in [0, 0.1) is 34.0 Å². The van der Waals surface area contributed by atoms with Gasteiger partial charge in [0.15, 0.2) is 0 Å². The van der Waals surface area contributed by atoms with Crippen LogP contribution in [0.15, 0.2) is 11.6 Å². The minimum absolute atomic E-state index is 0.0390. The molecule has 6 unspecified atom stereocenters. The lowest BCUT2D eigenvalue weighted by Gasteiger charge is -2.66. The molecule has 5 rings (SSSR count). The van der Waals surface area contributed by atoms with Gasteiger partial charge in [-0.1, -0.05) is 25.0 Å². The Labute approximate surface area is 141 Å². The molecule has 0 amide bonds. The fraction of sp³-hybridized carbons (Fsp3) is 0.857.